The van der Waals surface area contributed by atoms with Crippen molar-refractivity contribution >= 4 is 11.6 Å². The van der Waals surface area contributed by atoms with Gasteiger partial charge < -0.3 is 9.88 Å². The van der Waals surface area contributed by atoms with Crippen LogP contribution in [0.3, 0.4) is 0 Å². The fourth-order valence-corrected chi connectivity index (χ4v) is 2.05. The molecular weight excluding hydrogens is 234 g/mol. The molecule has 0 amide bonds. The van der Waals surface area contributed by atoms with Crippen molar-refractivity contribution in [1.29, 1.82) is 0 Å². The van der Waals surface area contributed by atoms with Crippen LogP contribution in [-0.4, -0.2) is 16.6 Å². The summed E-state index contributed by atoms with van der Waals surface area (Å²) in [6.07, 6.45) is 0. The van der Waals surface area contributed by atoms with E-state index in [2.05, 4.69) is 21.8 Å². The van der Waals surface area contributed by atoms with E-state index in [1.54, 1.807) is 0 Å². The van der Waals surface area contributed by atoms with Crippen molar-refractivity contribution in [2.24, 2.45) is 7.05 Å². The van der Waals surface area contributed by atoms with Gasteiger partial charge in [-0.15, -0.1) is 0 Å². The third kappa shape index (κ3) is 2.35. The maximum atomic E-state index is 6.01. The molecule has 1 aromatic heterocycles. The molecule has 0 bridgehead atoms. The molecule has 1 aromatic carbocycles. The second-order valence-electron chi connectivity index (χ2n) is 4.06. The van der Waals surface area contributed by atoms with Gasteiger partial charge in [0.2, 0.25) is 0 Å². The first-order valence-corrected chi connectivity index (χ1v) is 5.94. The van der Waals surface area contributed by atoms with Gasteiger partial charge in [0.05, 0.1) is 12.2 Å². The first-order chi connectivity index (χ1) is 8.13. The van der Waals surface area contributed by atoms with Crippen molar-refractivity contribution in [3.8, 4) is 11.3 Å². The predicted octanol–water partition coefficient (Wildman–Crippen LogP) is 2.77. The van der Waals surface area contributed by atoms with E-state index in [-0.39, 0.29) is 0 Å². The smallest absolute Gasteiger partial charge is 0.123 e. The van der Waals surface area contributed by atoms with Crippen LogP contribution in [0.4, 0.5) is 0 Å². The molecule has 0 radical (unpaired) electrons. The van der Waals surface area contributed by atoms with Gasteiger partial charge in [-0.2, -0.15) is 0 Å². The highest BCUT2D eigenvalue weighted by molar-refractivity contribution is 6.30. The molecule has 0 fully saturated rings. The molecule has 1 heterocycles. The fourth-order valence-electron chi connectivity index (χ4n) is 1.86. The van der Waals surface area contributed by atoms with Gasteiger partial charge in [-0.25, -0.2) is 4.98 Å². The first-order valence-electron chi connectivity index (χ1n) is 5.56. The van der Waals surface area contributed by atoms with Crippen LogP contribution in [0.15, 0.2) is 24.3 Å². The van der Waals surface area contributed by atoms with Gasteiger partial charge in [0.15, 0.2) is 0 Å². The number of hydrogen-bond donors (Lipinski definition) is 1. The highest BCUT2D eigenvalue weighted by atomic mass is 35.5. The molecule has 4 heteroatoms. The van der Waals surface area contributed by atoms with E-state index < -0.39 is 0 Å². The predicted molar refractivity (Wildman–Crippen MR) is 71.2 cm³/mol. The van der Waals surface area contributed by atoms with Gasteiger partial charge in [-0.05, 0) is 26.1 Å². The zero-order chi connectivity index (χ0) is 12.4. The number of halogens is 1. The van der Waals surface area contributed by atoms with Gasteiger partial charge in [0, 0.05) is 23.3 Å². The summed E-state index contributed by atoms with van der Waals surface area (Å²) in [5.41, 5.74) is 3.21. The van der Waals surface area contributed by atoms with E-state index >= 15 is 0 Å². The maximum Gasteiger partial charge on any atom is 0.123 e. The van der Waals surface area contributed by atoms with E-state index in [0.29, 0.717) is 0 Å². The van der Waals surface area contributed by atoms with E-state index in [1.807, 2.05) is 38.4 Å². The first kappa shape index (κ1) is 12.1. The van der Waals surface area contributed by atoms with Crippen molar-refractivity contribution < 1.29 is 0 Å². The number of benzene rings is 1. The maximum absolute atomic E-state index is 6.01. The Morgan fingerprint density at radius 2 is 2.18 bits per heavy atom. The number of hydrogen-bond acceptors (Lipinski definition) is 2. The second-order valence-corrected chi connectivity index (χ2v) is 4.50. The molecule has 0 spiro atoms. The Kier molecular flexibility index (Phi) is 3.50. The van der Waals surface area contributed by atoms with Gasteiger partial charge in [-0.3, -0.25) is 0 Å². The number of nitrogens with zero attached hydrogens (tertiary/aromatic N) is 2. The lowest BCUT2D eigenvalue weighted by atomic mass is 10.1. The lowest BCUT2D eigenvalue weighted by molar-refractivity contribution is 0.701. The molecule has 0 aliphatic carbocycles. The fraction of sp³-hybridized carbons (Fsp3) is 0.308. The van der Waals surface area contributed by atoms with Crippen LogP contribution in [0.2, 0.25) is 5.02 Å². The van der Waals surface area contributed by atoms with Crippen molar-refractivity contribution in [1.82, 2.24) is 14.9 Å². The van der Waals surface area contributed by atoms with E-state index in [0.717, 1.165) is 34.3 Å². The highest BCUT2D eigenvalue weighted by Gasteiger charge is 2.12. The topological polar surface area (TPSA) is 29.9 Å². The molecule has 0 saturated carbocycles. The molecule has 17 heavy (non-hydrogen) atoms. The Labute approximate surface area is 106 Å². The molecule has 1 N–H and O–H groups in total. The van der Waals surface area contributed by atoms with E-state index in [4.69, 9.17) is 11.6 Å². The van der Waals surface area contributed by atoms with Crippen molar-refractivity contribution in [2.45, 2.75) is 13.5 Å². The Morgan fingerprint density at radius 3 is 2.82 bits per heavy atom. The summed E-state index contributed by atoms with van der Waals surface area (Å²) in [7, 11) is 3.95. The number of nitrogens with one attached hydrogen (secondary N) is 1. The van der Waals surface area contributed by atoms with Crippen LogP contribution in [0.1, 0.15) is 11.5 Å². The average molecular weight is 250 g/mol. The minimum atomic E-state index is 0.739. The molecule has 90 valence electrons. The summed E-state index contributed by atoms with van der Waals surface area (Å²) >= 11 is 6.01. The van der Waals surface area contributed by atoms with Crippen molar-refractivity contribution in [3.63, 3.8) is 0 Å². The van der Waals surface area contributed by atoms with Crippen LogP contribution < -0.4 is 5.32 Å². The minimum Gasteiger partial charge on any atom is -0.334 e. The Bertz CT molecular complexity index is 531. The number of imidazole rings is 1. The third-order valence-electron chi connectivity index (χ3n) is 2.91. The Hall–Kier alpha value is -1.32. The van der Waals surface area contributed by atoms with Gasteiger partial charge in [0.25, 0.3) is 0 Å². The van der Waals surface area contributed by atoms with Crippen LogP contribution in [-0.2, 0) is 13.6 Å². The average Bonchev–Trinajstić information content (AvgIpc) is 2.58. The van der Waals surface area contributed by atoms with Gasteiger partial charge >= 0.3 is 0 Å². The highest BCUT2D eigenvalue weighted by Crippen LogP contribution is 2.25. The van der Waals surface area contributed by atoms with Gasteiger partial charge in [0.1, 0.15) is 5.82 Å². The molecule has 0 unspecified atom stereocenters. The Morgan fingerprint density at radius 1 is 1.41 bits per heavy atom. The largest absolute Gasteiger partial charge is 0.334 e. The summed E-state index contributed by atoms with van der Waals surface area (Å²) in [6.45, 7) is 2.83. The van der Waals surface area contributed by atoms with Gasteiger partial charge in [-0.1, -0.05) is 23.7 Å². The molecule has 2 rings (SSSR count). The van der Waals surface area contributed by atoms with Crippen LogP contribution >= 0.6 is 11.6 Å². The van der Waals surface area contributed by atoms with E-state index in [1.165, 1.54) is 0 Å². The summed E-state index contributed by atoms with van der Waals surface area (Å²) < 4.78 is 2.10. The van der Waals surface area contributed by atoms with Crippen LogP contribution in [0.25, 0.3) is 11.3 Å². The Balaban J connectivity index is 2.49. The van der Waals surface area contributed by atoms with Crippen LogP contribution in [0.5, 0.6) is 0 Å². The SMILES string of the molecule is CNCc1nc(-c2cccc(Cl)c2)c(C)n1C. The number of aromatic nitrogens is 2. The minimum absolute atomic E-state index is 0.739. The third-order valence-corrected chi connectivity index (χ3v) is 3.14. The van der Waals surface area contributed by atoms with Crippen molar-refractivity contribution in [3.05, 3.63) is 40.8 Å². The summed E-state index contributed by atoms with van der Waals surface area (Å²) in [6, 6.07) is 7.80. The molecule has 0 atom stereocenters. The molecule has 0 aliphatic heterocycles. The van der Waals surface area contributed by atoms with Crippen molar-refractivity contribution in [2.75, 3.05) is 7.05 Å². The summed E-state index contributed by atoms with van der Waals surface area (Å²) in [4.78, 5) is 4.65. The zero-order valence-electron chi connectivity index (χ0n) is 10.3. The molecule has 0 aliphatic rings. The quantitative estimate of drug-likeness (QED) is 0.907. The summed E-state index contributed by atoms with van der Waals surface area (Å²) in [5, 5.41) is 3.86. The lowest BCUT2D eigenvalue weighted by Crippen LogP contribution is -2.10. The molecular formula is C13H16ClN3. The van der Waals surface area contributed by atoms with E-state index in [9.17, 15) is 0 Å². The number of rotatable bonds is 3. The lowest BCUT2D eigenvalue weighted by Gasteiger charge is -2.02. The van der Waals surface area contributed by atoms with Crippen LogP contribution in [0, 0.1) is 6.92 Å². The molecule has 2 aromatic rings. The second kappa shape index (κ2) is 4.90. The molecule has 3 nitrogen and oxygen atoms in total. The standard InChI is InChI=1S/C13H16ClN3/c1-9-13(10-5-4-6-11(14)7-10)16-12(8-15-2)17(9)3/h4-7,15H,8H2,1-3H3. The monoisotopic (exact) mass is 249 g/mol. The zero-order valence-corrected chi connectivity index (χ0v) is 11.0. The normalized spacial score (nSPS) is 10.8. The molecule has 0 saturated heterocycles. The summed E-state index contributed by atoms with van der Waals surface area (Å²) in [5.74, 6) is 1.03.